The molecule has 0 saturated heterocycles. The van der Waals surface area contributed by atoms with Crippen LogP contribution in [0, 0.1) is 5.92 Å². The topological polar surface area (TPSA) is 58.2 Å². The van der Waals surface area contributed by atoms with Gasteiger partial charge in [-0.2, -0.15) is 0 Å². The maximum atomic E-state index is 12.8. The average molecular weight is 335 g/mol. The number of imidazole rings is 1. The maximum Gasteiger partial charge on any atom is 0.229 e. The smallest absolute Gasteiger partial charge is 0.229 e. The number of benzene rings is 2. The number of hydrogen-bond donors (Lipinski definition) is 1. The largest absolute Gasteiger partial charge is 0.492 e. The van der Waals surface area contributed by atoms with Crippen LogP contribution in [-0.2, 0) is 17.6 Å². The summed E-state index contributed by atoms with van der Waals surface area (Å²) in [5.41, 5.74) is 2.18. The lowest BCUT2D eigenvalue weighted by Gasteiger charge is -2.29. The zero-order valence-corrected chi connectivity index (χ0v) is 14.2. The number of hydrogen-bond acceptors (Lipinski definition) is 3. The summed E-state index contributed by atoms with van der Waals surface area (Å²) in [6.45, 7) is 1.11. The van der Waals surface area contributed by atoms with Crippen molar-refractivity contribution < 1.29 is 9.53 Å². The molecule has 1 aliphatic rings. The summed E-state index contributed by atoms with van der Waals surface area (Å²) in [6, 6.07) is 12.4. The summed E-state index contributed by atoms with van der Waals surface area (Å²) >= 11 is 0. The molecule has 2 heterocycles. The number of ether oxygens (including phenoxy) is 1. The molecule has 1 atom stereocenters. The third kappa shape index (κ3) is 3.09. The number of likely N-dealkylation sites (N-methyl/N-ethyl adjacent to an activating group) is 1. The van der Waals surface area contributed by atoms with Gasteiger partial charge < -0.3 is 14.6 Å². The molecular formula is C20H21N3O2. The Labute approximate surface area is 146 Å². The average Bonchev–Trinajstić information content (AvgIpc) is 3.18. The van der Waals surface area contributed by atoms with E-state index in [1.165, 1.54) is 10.8 Å². The zero-order valence-electron chi connectivity index (χ0n) is 14.2. The molecule has 0 aliphatic carbocycles. The van der Waals surface area contributed by atoms with Gasteiger partial charge in [0.15, 0.2) is 0 Å². The van der Waals surface area contributed by atoms with Crippen molar-refractivity contribution >= 4 is 16.7 Å². The summed E-state index contributed by atoms with van der Waals surface area (Å²) in [4.78, 5) is 21.7. The standard InChI is InChI=1S/C20H21N3O2/c1-23(9-8-16-11-21-13-22-16)20(24)15-10-18-17-5-3-2-4-14(17)6-7-19(18)25-12-15/h2-7,11,13,15H,8-10,12H2,1H3,(H,21,22). The second-order valence-corrected chi connectivity index (χ2v) is 6.56. The van der Waals surface area contributed by atoms with E-state index in [1.807, 2.05) is 25.2 Å². The Kier molecular flexibility index (Phi) is 4.14. The lowest BCUT2D eigenvalue weighted by molar-refractivity contribution is -0.135. The zero-order chi connectivity index (χ0) is 17.2. The van der Waals surface area contributed by atoms with E-state index in [-0.39, 0.29) is 11.8 Å². The predicted molar refractivity (Wildman–Crippen MR) is 96.6 cm³/mol. The number of fused-ring (bicyclic) bond motifs is 3. The molecule has 1 unspecified atom stereocenters. The van der Waals surface area contributed by atoms with Crippen molar-refractivity contribution in [1.29, 1.82) is 0 Å². The first-order valence-electron chi connectivity index (χ1n) is 8.58. The second kappa shape index (κ2) is 6.59. The number of aromatic amines is 1. The van der Waals surface area contributed by atoms with Crippen LogP contribution >= 0.6 is 0 Å². The number of nitrogens with zero attached hydrogens (tertiary/aromatic N) is 2. The molecule has 0 fully saturated rings. The Morgan fingerprint density at radius 3 is 3.04 bits per heavy atom. The molecule has 0 saturated carbocycles. The molecule has 1 N–H and O–H groups in total. The summed E-state index contributed by atoms with van der Waals surface area (Å²) in [6.07, 6.45) is 4.96. The highest BCUT2D eigenvalue weighted by molar-refractivity contribution is 5.89. The Morgan fingerprint density at radius 1 is 1.32 bits per heavy atom. The molecule has 0 spiro atoms. The first-order chi connectivity index (χ1) is 12.2. The van der Waals surface area contributed by atoms with Crippen molar-refractivity contribution in [3.8, 4) is 5.75 Å². The molecule has 0 bridgehead atoms. The van der Waals surface area contributed by atoms with Crippen LogP contribution in [0.1, 0.15) is 11.3 Å². The molecular weight excluding hydrogens is 314 g/mol. The van der Waals surface area contributed by atoms with Crippen LogP contribution in [0.3, 0.4) is 0 Å². The fraction of sp³-hybridized carbons (Fsp3) is 0.300. The van der Waals surface area contributed by atoms with Gasteiger partial charge in [0.25, 0.3) is 0 Å². The lowest BCUT2D eigenvalue weighted by Crippen LogP contribution is -2.39. The highest BCUT2D eigenvalue weighted by atomic mass is 16.5. The normalized spacial score (nSPS) is 16.3. The molecule has 3 aromatic rings. The van der Waals surface area contributed by atoms with Gasteiger partial charge in [-0.05, 0) is 23.3 Å². The van der Waals surface area contributed by atoms with Gasteiger partial charge in [-0.15, -0.1) is 0 Å². The van der Waals surface area contributed by atoms with Gasteiger partial charge in [0.05, 0.1) is 12.2 Å². The lowest BCUT2D eigenvalue weighted by atomic mass is 9.91. The minimum Gasteiger partial charge on any atom is -0.492 e. The molecule has 1 aromatic heterocycles. The fourth-order valence-corrected chi connectivity index (χ4v) is 3.45. The van der Waals surface area contributed by atoms with Gasteiger partial charge in [0.2, 0.25) is 5.91 Å². The first kappa shape index (κ1) is 15.7. The van der Waals surface area contributed by atoms with Crippen LogP contribution in [0.15, 0.2) is 48.9 Å². The van der Waals surface area contributed by atoms with E-state index in [0.717, 1.165) is 29.8 Å². The third-order valence-electron chi connectivity index (χ3n) is 4.89. The Balaban J connectivity index is 1.49. The van der Waals surface area contributed by atoms with Gasteiger partial charge in [-0.25, -0.2) is 4.98 Å². The molecule has 2 aromatic carbocycles. The van der Waals surface area contributed by atoms with Crippen molar-refractivity contribution in [3.05, 3.63) is 60.2 Å². The number of amides is 1. The number of carbonyl (C=O) groups excluding carboxylic acids is 1. The summed E-state index contributed by atoms with van der Waals surface area (Å²) < 4.78 is 5.90. The quantitative estimate of drug-likeness (QED) is 0.797. The minimum absolute atomic E-state index is 0.134. The first-order valence-corrected chi connectivity index (χ1v) is 8.58. The molecule has 1 aliphatic heterocycles. The Bertz CT molecular complexity index is 889. The van der Waals surface area contributed by atoms with E-state index in [2.05, 4.69) is 28.2 Å². The van der Waals surface area contributed by atoms with E-state index in [4.69, 9.17) is 4.74 Å². The van der Waals surface area contributed by atoms with E-state index in [0.29, 0.717) is 13.2 Å². The summed E-state index contributed by atoms with van der Waals surface area (Å²) in [7, 11) is 1.86. The molecule has 128 valence electrons. The number of H-pyrrole nitrogens is 1. The molecule has 0 radical (unpaired) electrons. The predicted octanol–water partition coefficient (Wildman–Crippen LogP) is 2.82. The van der Waals surface area contributed by atoms with Crippen LogP contribution < -0.4 is 4.74 Å². The monoisotopic (exact) mass is 335 g/mol. The van der Waals surface area contributed by atoms with E-state index in [1.54, 1.807) is 17.4 Å². The molecule has 5 heteroatoms. The van der Waals surface area contributed by atoms with Crippen molar-refractivity contribution in [1.82, 2.24) is 14.9 Å². The van der Waals surface area contributed by atoms with Gasteiger partial charge in [-0.3, -0.25) is 4.79 Å². The molecule has 5 nitrogen and oxygen atoms in total. The third-order valence-corrected chi connectivity index (χ3v) is 4.89. The fourth-order valence-electron chi connectivity index (χ4n) is 3.45. The molecule has 4 rings (SSSR count). The second-order valence-electron chi connectivity index (χ2n) is 6.56. The van der Waals surface area contributed by atoms with E-state index >= 15 is 0 Å². The van der Waals surface area contributed by atoms with Crippen LogP contribution in [-0.4, -0.2) is 41.0 Å². The Morgan fingerprint density at radius 2 is 2.20 bits per heavy atom. The number of nitrogens with one attached hydrogen (secondary N) is 1. The van der Waals surface area contributed by atoms with Gasteiger partial charge >= 0.3 is 0 Å². The number of carbonyl (C=O) groups is 1. The van der Waals surface area contributed by atoms with E-state index in [9.17, 15) is 4.79 Å². The van der Waals surface area contributed by atoms with Crippen LogP contribution in [0.2, 0.25) is 0 Å². The number of rotatable bonds is 4. The SMILES string of the molecule is CN(CCc1cnc[nH]1)C(=O)C1COc2ccc3ccccc3c2C1. The van der Waals surface area contributed by atoms with Crippen LogP contribution in [0.5, 0.6) is 5.75 Å². The minimum atomic E-state index is -0.134. The van der Waals surface area contributed by atoms with Crippen molar-refractivity contribution in [2.45, 2.75) is 12.8 Å². The molecule has 25 heavy (non-hydrogen) atoms. The highest BCUT2D eigenvalue weighted by Gasteiger charge is 2.29. The van der Waals surface area contributed by atoms with Crippen LogP contribution in [0.25, 0.3) is 10.8 Å². The highest BCUT2D eigenvalue weighted by Crippen LogP contribution is 2.34. The number of aromatic nitrogens is 2. The van der Waals surface area contributed by atoms with E-state index < -0.39 is 0 Å². The van der Waals surface area contributed by atoms with Gasteiger partial charge in [0.1, 0.15) is 12.4 Å². The molecule has 1 amide bonds. The van der Waals surface area contributed by atoms with Gasteiger partial charge in [0, 0.05) is 37.5 Å². The van der Waals surface area contributed by atoms with Gasteiger partial charge in [-0.1, -0.05) is 30.3 Å². The maximum absolute atomic E-state index is 12.8. The van der Waals surface area contributed by atoms with Crippen molar-refractivity contribution in [2.24, 2.45) is 5.92 Å². The van der Waals surface area contributed by atoms with Crippen molar-refractivity contribution in [3.63, 3.8) is 0 Å². The van der Waals surface area contributed by atoms with Crippen LogP contribution in [0.4, 0.5) is 0 Å². The Hall–Kier alpha value is -2.82. The summed E-state index contributed by atoms with van der Waals surface area (Å²) in [5.74, 6) is 0.908. The van der Waals surface area contributed by atoms with Crippen molar-refractivity contribution in [2.75, 3.05) is 20.2 Å². The summed E-state index contributed by atoms with van der Waals surface area (Å²) in [5, 5.41) is 2.36.